The van der Waals surface area contributed by atoms with Gasteiger partial charge >= 0.3 is 0 Å². The maximum atomic E-state index is 12.7. The molecule has 0 bridgehead atoms. The number of aryl methyl sites for hydroxylation is 1. The minimum atomic E-state index is 0.0418. The highest BCUT2D eigenvalue weighted by atomic mass is 35.5. The number of ether oxygens (including phenoxy) is 1. The van der Waals surface area contributed by atoms with Crippen LogP contribution in [0.5, 0.6) is 5.75 Å². The Hall–Kier alpha value is -2.51. The number of rotatable bonds is 8. The standard InChI is InChI=1S/C20H21ClN4O2S/c1-5-8-25-12(2)9-15(13(25)3)17(26)11-28-20-22-19(23-24-20)16-10-14(21)6-7-18(16)27-4/h5-7,9-10H,1,8,11H2,2-4H3,(H,22,23,24). The smallest absolute Gasteiger partial charge is 0.209 e. The van der Waals surface area contributed by atoms with Gasteiger partial charge in [0.15, 0.2) is 11.6 Å². The Bertz CT molecular complexity index is 1030. The Morgan fingerprint density at radius 2 is 2.18 bits per heavy atom. The van der Waals surface area contributed by atoms with Crippen molar-refractivity contribution in [2.45, 2.75) is 25.5 Å². The summed E-state index contributed by atoms with van der Waals surface area (Å²) in [6.45, 7) is 8.39. The second-order valence-corrected chi connectivity index (χ2v) is 7.59. The van der Waals surface area contributed by atoms with Crippen molar-refractivity contribution in [2.24, 2.45) is 0 Å². The van der Waals surface area contributed by atoms with Gasteiger partial charge in [0.05, 0.1) is 18.4 Å². The maximum absolute atomic E-state index is 12.7. The first-order chi connectivity index (χ1) is 13.4. The Morgan fingerprint density at radius 1 is 1.39 bits per heavy atom. The average Bonchev–Trinajstić information content (AvgIpc) is 3.26. The van der Waals surface area contributed by atoms with E-state index in [1.54, 1.807) is 25.3 Å². The van der Waals surface area contributed by atoms with Gasteiger partial charge in [0, 0.05) is 28.5 Å². The predicted octanol–water partition coefficient (Wildman–Crippen LogP) is 4.71. The summed E-state index contributed by atoms with van der Waals surface area (Å²) < 4.78 is 7.42. The van der Waals surface area contributed by atoms with Crippen molar-refractivity contribution >= 4 is 29.1 Å². The van der Waals surface area contributed by atoms with Crippen LogP contribution in [-0.4, -0.2) is 38.4 Å². The Kier molecular flexibility index (Phi) is 6.26. The third-order valence-electron chi connectivity index (χ3n) is 4.40. The number of nitrogens with zero attached hydrogens (tertiary/aromatic N) is 3. The molecule has 2 heterocycles. The molecule has 3 aromatic rings. The number of thioether (sulfide) groups is 1. The van der Waals surface area contributed by atoms with Crippen LogP contribution in [-0.2, 0) is 6.54 Å². The molecule has 0 aliphatic heterocycles. The molecule has 0 amide bonds. The zero-order valence-electron chi connectivity index (χ0n) is 16.0. The number of hydrogen-bond donors (Lipinski definition) is 1. The van der Waals surface area contributed by atoms with Crippen LogP contribution in [0.25, 0.3) is 11.4 Å². The molecule has 28 heavy (non-hydrogen) atoms. The van der Waals surface area contributed by atoms with Crippen LogP contribution in [0.2, 0.25) is 5.02 Å². The molecule has 0 saturated carbocycles. The van der Waals surface area contributed by atoms with Crippen molar-refractivity contribution in [3.05, 3.63) is 58.9 Å². The third kappa shape index (κ3) is 4.15. The molecular formula is C20H21ClN4O2S. The normalized spacial score (nSPS) is 10.9. The fraction of sp³-hybridized carbons (Fsp3) is 0.250. The molecule has 0 spiro atoms. The largest absolute Gasteiger partial charge is 0.496 e. The van der Waals surface area contributed by atoms with Gasteiger partial charge in [-0.3, -0.25) is 9.89 Å². The van der Waals surface area contributed by atoms with E-state index in [4.69, 9.17) is 16.3 Å². The summed E-state index contributed by atoms with van der Waals surface area (Å²) >= 11 is 7.36. The lowest BCUT2D eigenvalue weighted by Crippen LogP contribution is -2.06. The second-order valence-electron chi connectivity index (χ2n) is 6.21. The summed E-state index contributed by atoms with van der Waals surface area (Å²) in [5.74, 6) is 1.48. The third-order valence-corrected chi connectivity index (χ3v) is 5.48. The number of H-pyrrole nitrogens is 1. The van der Waals surface area contributed by atoms with Crippen molar-refractivity contribution in [2.75, 3.05) is 12.9 Å². The van der Waals surface area contributed by atoms with Crippen LogP contribution < -0.4 is 4.74 Å². The number of methoxy groups -OCH3 is 1. The number of ketones is 1. The molecule has 0 saturated heterocycles. The molecule has 1 aromatic carbocycles. The lowest BCUT2D eigenvalue weighted by Gasteiger charge is -2.06. The topological polar surface area (TPSA) is 72.8 Å². The first kappa shape index (κ1) is 20.2. The summed E-state index contributed by atoms with van der Waals surface area (Å²) in [7, 11) is 1.58. The highest BCUT2D eigenvalue weighted by molar-refractivity contribution is 7.99. The minimum absolute atomic E-state index is 0.0418. The molecule has 0 radical (unpaired) electrons. The quantitative estimate of drug-likeness (QED) is 0.327. The summed E-state index contributed by atoms with van der Waals surface area (Å²) in [5.41, 5.74) is 3.43. The number of Topliss-reactive ketones (excluding diaryl/α,β-unsaturated/α-hetero) is 1. The molecule has 0 aliphatic rings. The number of allylic oxidation sites excluding steroid dienone is 1. The highest BCUT2D eigenvalue weighted by Gasteiger charge is 2.17. The van der Waals surface area contributed by atoms with Gasteiger partial charge in [-0.05, 0) is 38.1 Å². The van der Waals surface area contributed by atoms with E-state index in [1.165, 1.54) is 11.8 Å². The molecule has 0 fully saturated rings. The molecule has 0 aliphatic carbocycles. The molecule has 146 valence electrons. The van der Waals surface area contributed by atoms with Gasteiger partial charge in [-0.25, -0.2) is 4.98 Å². The molecule has 1 N–H and O–H groups in total. The van der Waals surface area contributed by atoms with Gasteiger partial charge in [-0.2, -0.15) is 0 Å². The van der Waals surface area contributed by atoms with Gasteiger partial charge in [0.1, 0.15) is 5.75 Å². The van der Waals surface area contributed by atoms with Crippen LogP contribution >= 0.6 is 23.4 Å². The zero-order chi connectivity index (χ0) is 20.3. The summed E-state index contributed by atoms with van der Waals surface area (Å²) in [6.07, 6.45) is 1.82. The summed E-state index contributed by atoms with van der Waals surface area (Å²) in [5, 5.41) is 8.14. The van der Waals surface area contributed by atoms with Crippen molar-refractivity contribution in [3.63, 3.8) is 0 Å². The molecule has 8 heteroatoms. The number of nitrogens with one attached hydrogen (secondary N) is 1. The number of aromatic nitrogens is 4. The Labute approximate surface area is 173 Å². The zero-order valence-corrected chi connectivity index (χ0v) is 17.5. The lowest BCUT2D eigenvalue weighted by atomic mass is 10.2. The van der Waals surface area contributed by atoms with Crippen LogP contribution in [0.3, 0.4) is 0 Å². The fourth-order valence-corrected chi connectivity index (χ4v) is 3.85. The van der Waals surface area contributed by atoms with E-state index in [1.807, 2.05) is 26.0 Å². The molecule has 6 nitrogen and oxygen atoms in total. The monoisotopic (exact) mass is 416 g/mol. The van der Waals surface area contributed by atoms with E-state index in [0.717, 1.165) is 17.0 Å². The van der Waals surface area contributed by atoms with Crippen molar-refractivity contribution in [1.82, 2.24) is 19.7 Å². The van der Waals surface area contributed by atoms with E-state index in [9.17, 15) is 4.79 Å². The van der Waals surface area contributed by atoms with Gasteiger partial charge in [-0.15, -0.1) is 11.7 Å². The lowest BCUT2D eigenvalue weighted by molar-refractivity contribution is 0.102. The molecular weight excluding hydrogens is 396 g/mol. The van der Waals surface area contributed by atoms with E-state index in [0.29, 0.717) is 33.9 Å². The molecule has 0 unspecified atom stereocenters. The van der Waals surface area contributed by atoms with Crippen molar-refractivity contribution in [3.8, 4) is 17.1 Å². The number of halogens is 1. The van der Waals surface area contributed by atoms with Crippen LogP contribution in [0, 0.1) is 13.8 Å². The Balaban J connectivity index is 1.73. The Morgan fingerprint density at radius 3 is 2.89 bits per heavy atom. The van der Waals surface area contributed by atoms with E-state index < -0.39 is 0 Å². The number of hydrogen-bond acceptors (Lipinski definition) is 5. The minimum Gasteiger partial charge on any atom is -0.496 e. The van der Waals surface area contributed by atoms with Crippen LogP contribution in [0.4, 0.5) is 0 Å². The van der Waals surface area contributed by atoms with E-state index in [2.05, 4.69) is 26.3 Å². The molecule has 2 aromatic heterocycles. The SMILES string of the molecule is C=CCn1c(C)cc(C(=O)CSc2n[nH]c(-c3cc(Cl)ccc3OC)n2)c1C. The van der Waals surface area contributed by atoms with Crippen LogP contribution in [0.1, 0.15) is 21.7 Å². The average molecular weight is 417 g/mol. The second kappa shape index (κ2) is 8.67. The maximum Gasteiger partial charge on any atom is 0.209 e. The van der Waals surface area contributed by atoms with Gasteiger partial charge in [0.2, 0.25) is 5.16 Å². The number of carbonyl (C=O) groups is 1. The van der Waals surface area contributed by atoms with Crippen molar-refractivity contribution in [1.29, 1.82) is 0 Å². The van der Waals surface area contributed by atoms with Gasteiger partial charge < -0.3 is 9.30 Å². The first-order valence-electron chi connectivity index (χ1n) is 8.64. The summed E-state index contributed by atoms with van der Waals surface area (Å²) in [6, 6.07) is 7.20. The van der Waals surface area contributed by atoms with Crippen LogP contribution in [0.15, 0.2) is 42.1 Å². The van der Waals surface area contributed by atoms with E-state index in [-0.39, 0.29) is 11.5 Å². The number of carbonyl (C=O) groups excluding carboxylic acids is 1. The fourth-order valence-electron chi connectivity index (χ4n) is 3.00. The summed E-state index contributed by atoms with van der Waals surface area (Å²) in [4.78, 5) is 17.1. The number of aromatic amines is 1. The first-order valence-corrected chi connectivity index (χ1v) is 10.0. The van der Waals surface area contributed by atoms with E-state index >= 15 is 0 Å². The van der Waals surface area contributed by atoms with Gasteiger partial charge in [-0.1, -0.05) is 29.4 Å². The predicted molar refractivity (Wildman–Crippen MR) is 113 cm³/mol. The van der Waals surface area contributed by atoms with Crippen molar-refractivity contribution < 1.29 is 9.53 Å². The molecule has 0 atom stereocenters. The molecule has 3 rings (SSSR count). The van der Waals surface area contributed by atoms with Gasteiger partial charge in [0.25, 0.3) is 0 Å². The highest BCUT2D eigenvalue weighted by Crippen LogP contribution is 2.31. The number of benzene rings is 1.